The van der Waals surface area contributed by atoms with Gasteiger partial charge in [0.05, 0.1) is 11.2 Å². The Balaban J connectivity index is 1.88. The van der Waals surface area contributed by atoms with Gasteiger partial charge in [0.15, 0.2) is 28.8 Å². The lowest BCUT2D eigenvalue weighted by atomic mass is 10.3. The van der Waals surface area contributed by atoms with E-state index in [-0.39, 0.29) is 28.4 Å². The largest absolute Gasteiger partial charge is 0.454 e. The Hall–Kier alpha value is -1.92. The lowest BCUT2D eigenvalue weighted by molar-refractivity contribution is 0.174. The van der Waals surface area contributed by atoms with Crippen LogP contribution in [0.3, 0.4) is 0 Å². The molecule has 26 heavy (non-hydrogen) atoms. The van der Waals surface area contributed by atoms with Gasteiger partial charge in [-0.05, 0) is 22.0 Å². The third kappa shape index (κ3) is 2.72. The lowest BCUT2D eigenvalue weighted by Gasteiger charge is -2.08. The van der Waals surface area contributed by atoms with E-state index in [0.29, 0.717) is 33.7 Å². The van der Waals surface area contributed by atoms with E-state index >= 15 is 0 Å². The molecule has 0 atom stereocenters. The van der Waals surface area contributed by atoms with Crippen LogP contribution in [0, 0.1) is 0 Å². The van der Waals surface area contributed by atoms with Crippen LogP contribution >= 0.6 is 31.9 Å². The molecule has 0 spiro atoms. The molecule has 4 rings (SSSR count). The number of nitrogens with two attached hydrogens (primary N) is 1. The first kappa shape index (κ1) is 17.5. The number of ether oxygens (including phenoxy) is 2. The molecule has 0 bridgehead atoms. The summed E-state index contributed by atoms with van der Waals surface area (Å²) < 4.78 is 38.7. The van der Waals surface area contributed by atoms with Gasteiger partial charge in [0.25, 0.3) is 5.16 Å². The van der Waals surface area contributed by atoms with Gasteiger partial charge in [0.2, 0.25) is 16.6 Å². The molecule has 0 aliphatic carbocycles. The van der Waals surface area contributed by atoms with Gasteiger partial charge in [-0.2, -0.15) is 4.98 Å². The smallest absolute Gasteiger partial charge is 0.254 e. The predicted octanol–water partition coefficient (Wildman–Crippen LogP) is 2.08. The van der Waals surface area contributed by atoms with Crippen LogP contribution in [0.5, 0.6) is 11.5 Å². The van der Waals surface area contributed by atoms with Gasteiger partial charge in [0.1, 0.15) is 0 Å². The molecule has 2 N–H and O–H groups in total. The van der Waals surface area contributed by atoms with Crippen molar-refractivity contribution in [1.82, 2.24) is 19.5 Å². The second-order valence-corrected chi connectivity index (χ2v) is 8.79. The molecule has 1 aromatic rings. The lowest BCUT2D eigenvalue weighted by Crippen LogP contribution is -2.09. The first-order chi connectivity index (χ1) is 12.4. The topological polar surface area (TPSA) is 122 Å². The molecule has 0 radical (unpaired) electrons. The SMILES string of the molecule is Nc1ncn(CCBr)c2nc(S(=O)(=O)c3cc4c(cc3Br)OCO4)nc1-2. The number of aromatic nitrogens is 4. The molecule has 0 unspecified atom stereocenters. The fourth-order valence-corrected chi connectivity index (χ4v) is 5.05. The summed E-state index contributed by atoms with van der Waals surface area (Å²) in [4.78, 5) is 12.3. The standard InChI is InChI=1S/C14H11Br2N5O4S/c15-1-2-21-5-18-12(17)11-13(21)20-14(19-11)26(22,23)10-4-9-8(3-7(10)16)24-6-25-9/h3-5H,1-2,6,17H2. The maximum atomic E-state index is 13.1. The second-order valence-electron chi connectivity index (χ2n) is 5.33. The molecule has 3 aliphatic rings. The van der Waals surface area contributed by atoms with E-state index in [0.717, 1.165) is 0 Å². The van der Waals surface area contributed by atoms with Crippen LogP contribution in [0.1, 0.15) is 0 Å². The number of sulfone groups is 1. The van der Waals surface area contributed by atoms with Crippen molar-refractivity contribution in [3.05, 3.63) is 22.9 Å². The van der Waals surface area contributed by atoms with Gasteiger partial charge in [-0.3, -0.25) is 0 Å². The zero-order valence-corrected chi connectivity index (χ0v) is 17.0. The Bertz CT molecular complexity index is 1090. The number of imidazole rings is 1. The molecule has 0 saturated heterocycles. The Morgan fingerprint density at radius 3 is 2.69 bits per heavy atom. The highest BCUT2D eigenvalue weighted by atomic mass is 79.9. The van der Waals surface area contributed by atoms with E-state index in [1.165, 1.54) is 12.4 Å². The van der Waals surface area contributed by atoms with Gasteiger partial charge in [-0.25, -0.2) is 18.4 Å². The maximum absolute atomic E-state index is 13.1. The van der Waals surface area contributed by atoms with Crippen LogP contribution in [0.25, 0.3) is 11.5 Å². The fraction of sp³-hybridized carbons (Fsp3) is 0.214. The summed E-state index contributed by atoms with van der Waals surface area (Å²) in [5.41, 5.74) is 6.08. The third-order valence-electron chi connectivity index (χ3n) is 3.75. The van der Waals surface area contributed by atoms with E-state index in [1.807, 2.05) is 0 Å². The minimum Gasteiger partial charge on any atom is -0.454 e. The minimum atomic E-state index is -4.01. The summed E-state index contributed by atoms with van der Waals surface area (Å²) in [6.45, 7) is 0.576. The van der Waals surface area contributed by atoms with Crippen LogP contribution in [0.15, 0.2) is 33.0 Å². The summed E-state index contributed by atoms with van der Waals surface area (Å²) in [7, 11) is -4.01. The molecule has 9 nitrogen and oxygen atoms in total. The summed E-state index contributed by atoms with van der Waals surface area (Å²) in [6.07, 6.45) is 1.50. The number of benzene rings is 1. The first-order valence-electron chi connectivity index (χ1n) is 7.30. The van der Waals surface area contributed by atoms with E-state index in [9.17, 15) is 8.42 Å². The average molecular weight is 505 g/mol. The van der Waals surface area contributed by atoms with Crippen LogP contribution < -0.4 is 15.2 Å². The summed E-state index contributed by atoms with van der Waals surface area (Å²) in [6, 6.07) is 2.93. The molecule has 12 heteroatoms. The predicted molar refractivity (Wildman–Crippen MR) is 98.4 cm³/mol. The molecule has 3 heterocycles. The summed E-state index contributed by atoms with van der Waals surface area (Å²) >= 11 is 6.60. The number of rotatable bonds is 4. The number of fused-ring (bicyclic) bond motifs is 2. The Kier molecular flexibility index (Phi) is 4.28. The second kappa shape index (κ2) is 6.35. The number of hydrogen-bond acceptors (Lipinski definition) is 8. The van der Waals surface area contributed by atoms with Crippen LogP contribution in [0.2, 0.25) is 0 Å². The Morgan fingerprint density at radius 1 is 1.23 bits per heavy atom. The third-order valence-corrected chi connectivity index (χ3v) is 6.61. The monoisotopic (exact) mass is 503 g/mol. The van der Waals surface area contributed by atoms with Gasteiger partial charge in [0, 0.05) is 22.4 Å². The van der Waals surface area contributed by atoms with Crippen LogP contribution in [-0.4, -0.2) is 40.1 Å². The van der Waals surface area contributed by atoms with Crippen molar-refractivity contribution >= 4 is 47.5 Å². The normalized spacial score (nSPS) is 13.5. The van der Waals surface area contributed by atoms with E-state index in [2.05, 4.69) is 46.8 Å². The molecular formula is C14H11Br2N5O4S. The van der Waals surface area contributed by atoms with Gasteiger partial charge in [-0.15, -0.1) is 0 Å². The van der Waals surface area contributed by atoms with Gasteiger partial charge in [-0.1, -0.05) is 15.9 Å². The van der Waals surface area contributed by atoms with Crippen molar-refractivity contribution < 1.29 is 17.9 Å². The highest BCUT2D eigenvalue weighted by Gasteiger charge is 2.31. The molecular weight excluding hydrogens is 494 g/mol. The molecule has 0 amide bonds. The van der Waals surface area contributed by atoms with Gasteiger partial charge < -0.3 is 19.8 Å². The number of nitrogen functional groups attached to an aromatic ring is 1. The molecule has 0 fully saturated rings. The number of alkyl halides is 1. The van der Waals surface area contributed by atoms with E-state index < -0.39 is 9.84 Å². The Morgan fingerprint density at radius 2 is 1.96 bits per heavy atom. The highest BCUT2D eigenvalue weighted by molar-refractivity contribution is 9.10. The van der Waals surface area contributed by atoms with Crippen molar-refractivity contribution in [1.29, 1.82) is 0 Å². The fourth-order valence-electron chi connectivity index (χ4n) is 2.51. The number of aryl methyl sites for hydroxylation is 1. The maximum Gasteiger partial charge on any atom is 0.254 e. The summed E-state index contributed by atoms with van der Waals surface area (Å²) in [5.74, 6) is 1.28. The Labute approximate surface area is 165 Å². The van der Waals surface area contributed by atoms with Crippen molar-refractivity contribution in [2.45, 2.75) is 16.6 Å². The summed E-state index contributed by atoms with van der Waals surface area (Å²) in [5, 5.41) is 0.288. The van der Waals surface area contributed by atoms with Crippen molar-refractivity contribution in [3.63, 3.8) is 0 Å². The number of anilines is 1. The molecule has 3 aliphatic heterocycles. The zero-order valence-electron chi connectivity index (χ0n) is 13.0. The number of nitrogens with zero attached hydrogens (tertiary/aromatic N) is 4. The van der Waals surface area contributed by atoms with E-state index in [1.54, 1.807) is 10.6 Å². The van der Waals surface area contributed by atoms with Crippen molar-refractivity contribution in [3.8, 4) is 23.0 Å². The van der Waals surface area contributed by atoms with Crippen molar-refractivity contribution in [2.24, 2.45) is 0 Å². The van der Waals surface area contributed by atoms with Gasteiger partial charge >= 0.3 is 0 Å². The molecule has 0 aromatic heterocycles. The average Bonchev–Trinajstić information content (AvgIpc) is 3.24. The quantitative estimate of drug-likeness (QED) is 0.536. The van der Waals surface area contributed by atoms with Crippen LogP contribution in [-0.2, 0) is 16.4 Å². The van der Waals surface area contributed by atoms with E-state index in [4.69, 9.17) is 15.2 Å². The highest BCUT2D eigenvalue weighted by Crippen LogP contribution is 2.40. The number of halogens is 2. The van der Waals surface area contributed by atoms with Crippen LogP contribution in [0.4, 0.5) is 5.82 Å². The number of hydrogen-bond donors (Lipinski definition) is 1. The zero-order chi connectivity index (χ0) is 18.5. The molecule has 0 saturated carbocycles. The molecule has 1 aromatic carbocycles. The first-order valence-corrected chi connectivity index (χ1v) is 10.7. The molecule has 136 valence electrons. The van der Waals surface area contributed by atoms with Crippen molar-refractivity contribution in [2.75, 3.05) is 17.9 Å². The minimum absolute atomic E-state index is 0.0179.